The number of aliphatic hydroxyl groups excluding tert-OH is 1. The van der Waals surface area contributed by atoms with Gasteiger partial charge in [0.15, 0.2) is 0 Å². The molecule has 1 aromatic rings. The molecule has 0 aromatic heterocycles. The van der Waals surface area contributed by atoms with Crippen LogP contribution in [0.3, 0.4) is 0 Å². The molecule has 0 radical (unpaired) electrons. The van der Waals surface area contributed by atoms with Crippen LogP contribution in [0.5, 0.6) is 5.75 Å². The van der Waals surface area contributed by atoms with Crippen LogP contribution in [-0.4, -0.2) is 28.8 Å². The van der Waals surface area contributed by atoms with E-state index >= 15 is 0 Å². The number of aliphatic hydroxyl groups is 1. The second-order valence-corrected chi connectivity index (χ2v) is 3.50. The van der Waals surface area contributed by atoms with Crippen LogP contribution in [0, 0.1) is 0 Å². The van der Waals surface area contributed by atoms with Gasteiger partial charge in [0.25, 0.3) is 0 Å². The van der Waals surface area contributed by atoms with E-state index in [0.717, 1.165) is 5.56 Å². The van der Waals surface area contributed by atoms with Gasteiger partial charge in [-0.2, -0.15) is 0 Å². The second kappa shape index (κ2) is 5.36. The van der Waals surface area contributed by atoms with Crippen molar-refractivity contribution < 1.29 is 15.0 Å². The lowest BCUT2D eigenvalue weighted by Crippen LogP contribution is -2.31. The van der Waals surface area contributed by atoms with Crippen LogP contribution in [0.1, 0.15) is 12.5 Å². The fraction of sp³-hybridized carbons (Fsp3) is 0.364. The van der Waals surface area contributed by atoms with Crippen molar-refractivity contribution in [2.75, 3.05) is 6.54 Å². The minimum absolute atomic E-state index is 0.149. The molecule has 0 spiro atoms. The molecule has 15 heavy (non-hydrogen) atoms. The molecule has 1 aromatic carbocycles. The fourth-order valence-electron chi connectivity index (χ4n) is 1.18. The van der Waals surface area contributed by atoms with Crippen molar-refractivity contribution in [1.82, 2.24) is 5.32 Å². The Bertz CT molecular complexity index is 336. The molecule has 0 unspecified atom stereocenters. The summed E-state index contributed by atoms with van der Waals surface area (Å²) in [5, 5.41) is 20.7. The lowest BCUT2D eigenvalue weighted by atomic mass is 10.1. The predicted octanol–water partition coefficient (Wildman–Crippen LogP) is 0.432. The van der Waals surface area contributed by atoms with Gasteiger partial charge in [0.1, 0.15) is 5.75 Å². The van der Waals surface area contributed by atoms with Crippen LogP contribution in [0.2, 0.25) is 0 Å². The highest BCUT2D eigenvalue weighted by Gasteiger charge is 2.04. The average Bonchev–Trinajstić information content (AvgIpc) is 2.15. The maximum atomic E-state index is 11.3. The van der Waals surface area contributed by atoms with Gasteiger partial charge < -0.3 is 15.5 Å². The van der Waals surface area contributed by atoms with E-state index in [9.17, 15) is 9.90 Å². The maximum absolute atomic E-state index is 11.3. The first-order valence-corrected chi connectivity index (χ1v) is 4.80. The van der Waals surface area contributed by atoms with Gasteiger partial charge in [0.2, 0.25) is 5.91 Å². The Kier molecular flexibility index (Phi) is 4.12. The summed E-state index contributed by atoms with van der Waals surface area (Å²) in [6, 6.07) is 6.55. The third-order valence-electron chi connectivity index (χ3n) is 1.87. The van der Waals surface area contributed by atoms with E-state index in [4.69, 9.17) is 5.11 Å². The molecule has 0 saturated carbocycles. The summed E-state index contributed by atoms with van der Waals surface area (Å²) in [5.41, 5.74) is 0.748. The third-order valence-corrected chi connectivity index (χ3v) is 1.87. The number of phenolic OH excluding ortho intramolecular Hbond substituents is 1. The molecule has 1 amide bonds. The zero-order chi connectivity index (χ0) is 11.3. The Morgan fingerprint density at radius 1 is 1.53 bits per heavy atom. The number of phenols is 1. The predicted molar refractivity (Wildman–Crippen MR) is 56.5 cm³/mol. The summed E-state index contributed by atoms with van der Waals surface area (Å²) < 4.78 is 0. The van der Waals surface area contributed by atoms with Gasteiger partial charge in [0.05, 0.1) is 12.5 Å². The minimum Gasteiger partial charge on any atom is -0.508 e. The van der Waals surface area contributed by atoms with Crippen molar-refractivity contribution >= 4 is 5.91 Å². The SMILES string of the molecule is C[C@H](O)CNC(=O)Cc1cccc(O)c1. The number of rotatable bonds is 4. The molecule has 0 aliphatic heterocycles. The lowest BCUT2D eigenvalue weighted by Gasteiger charge is -2.07. The van der Waals surface area contributed by atoms with E-state index in [1.54, 1.807) is 31.2 Å². The third kappa shape index (κ3) is 4.46. The van der Waals surface area contributed by atoms with Gasteiger partial charge in [-0.15, -0.1) is 0 Å². The quantitative estimate of drug-likeness (QED) is 0.673. The fourth-order valence-corrected chi connectivity index (χ4v) is 1.18. The highest BCUT2D eigenvalue weighted by atomic mass is 16.3. The zero-order valence-electron chi connectivity index (χ0n) is 8.60. The van der Waals surface area contributed by atoms with Gasteiger partial charge in [-0.3, -0.25) is 4.79 Å². The monoisotopic (exact) mass is 209 g/mol. The summed E-state index contributed by atoms with van der Waals surface area (Å²) in [6.45, 7) is 1.85. The number of hydrogen-bond donors (Lipinski definition) is 3. The van der Waals surface area contributed by atoms with Crippen LogP contribution >= 0.6 is 0 Å². The van der Waals surface area contributed by atoms with E-state index in [2.05, 4.69) is 5.32 Å². The number of carbonyl (C=O) groups excluding carboxylic acids is 1. The van der Waals surface area contributed by atoms with Crippen molar-refractivity contribution in [3.63, 3.8) is 0 Å². The summed E-state index contributed by atoms with van der Waals surface area (Å²) in [5.74, 6) is -0.0164. The van der Waals surface area contributed by atoms with Crippen LogP contribution in [0.25, 0.3) is 0 Å². The number of benzene rings is 1. The Morgan fingerprint density at radius 2 is 2.27 bits per heavy atom. The molecule has 0 fully saturated rings. The second-order valence-electron chi connectivity index (χ2n) is 3.50. The molecule has 4 heteroatoms. The number of aromatic hydroxyl groups is 1. The number of carbonyl (C=O) groups is 1. The normalized spacial score (nSPS) is 12.1. The van der Waals surface area contributed by atoms with E-state index in [1.807, 2.05) is 0 Å². The molecule has 3 N–H and O–H groups in total. The van der Waals surface area contributed by atoms with E-state index in [1.165, 1.54) is 0 Å². The summed E-state index contributed by atoms with van der Waals surface area (Å²) >= 11 is 0. The molecule has 82 valence electrons. The Balaban J connectivity index is 2.44. The van der Waals surface area contributed by atoms with E-state index in [0.29, 0.717) is 0 Å². The Labute approximate surface area is 88.6 Å². The molecule has 1 rings (SSSR count). The number of amides is 1. The molecular weight excluding hydrogens is 194 g/mol. The van der Waals surface area contributed by atoms with Crippen LogP contribution in [-0.2, 0) is 11.2 Å². The summed E-state index contributed by atoms with van der Waals surface area (Å²) in [6.07, 6.45) is -0.334. The maximum Gasteiger partial charge on any atom is 0.224 e. The van der Waals surface area contributed by atoms with Gasteiger partial charge in [-0.25, -0.2) is 0 Å². The lowest BCUT2D eigenvalue weighted by molar-refractivity contribution is -0.120. The van der Waals surface area contributed by atoms with Crippen molar-refractivity contribution in [3.05, 3.63) is 29.8 Å². The van der Waals surface area contributed by atoms with E-state index < -0.39 is 6.10 Å². The Hall–Kier alpha value is -1.55. The first kappa shape index (κ1) is 11.5. The molecular formula is C11H15NO3. The first-order chi connectivity index (χ1) is 7.08. The van der Waals surface area contributed by atoms with Crippen LogP contribution in [0.15, 0.2) is 24.3 Å². The Morgan fingerprint density at radius 3 is 2.87 bits per heavy atom. The molecule has 4 nitrogen and oxygen atoms in total. The van der Waals surface area contributed by atoms with Crippen molar-refractivity contribution in [2.45, 2.75) is 19.4 Å². The largest absolute Gasteiger partial charge is 0.508 e. The highest BCUT2D eigenvalue weighted by molar-refractivity contribution is 5.78. The smallest absolute Gasteiger partial charge is 0.224 e. The molecule has 0 bridgehead atoms. The zero-order valence-corrected chi connectivity index (χ0v) is 8.60. The van der Waals surface area contributed by atoms with Gasteiger partial charge >= 0.3 is 0 Å². The first-order valence-electron chi connectivity index (χ1n) is 4.80. The van der Waals surface area contributed by atoms with Crippen LogP contribution in [0.4, 0.5) is 0 Å². The van der Waals surface area contributed by atoms with Crippen molar-refractivity contribution in [3.8, 4) is 5.75 Å². The highest BCUT2D eigenvalue weighted by Crippen LogP contribution is 2.10. The van der Waals surface area contributed by atoms with E-state index in [-0.39, 0.29) is 24.6 Å². The summed E-state index contributed by atoms with van der Waals surface area (Å²) in [7, 11) is 0. The van der Waals surface area contributed by atoms with Gasteiger partial charge in [-0.05, 0) is 24.6 Å². The van der Waals surface area contributed by atoms with Gasteiger partial charge in [-0.1, -0.05) is 12.1 Å². The standard InChI is InChI=1S/C11H15NO3/c1-8(13)7-12-11(15)6-9-3-2-4-10(14)5-9/h2-5,8,13-14H,6-7H2,1H3,(H,12,15)/t8-/m0/s1. The van der Waals surface area contributed by atoms with Gasteiger partial charge in [0, 0.05) is 6.54 Å². The minimum atomic E-state index is -0.543. The molecule has 0 aliphatic rings. The molecule has 1 atom stereocenters. The topological polar surface area (TPSA) is 69.6 Å². The van der Waals surface area contributed by atoms with Crippen molar-refractivity contribution in [2.24, 2.45) is 0 Å². The number of nitrogens with one attached hydrogen (secondary N) is 1. The summed E-state index contributed by atoms with van der Waals surface area (Å²) in [4.78, 5) is 11.3. The molecule has 0 heterocycles. The number of hydrogen-bond acceptors (Lipinski definition) is 3. The average molecular weight is 209 g/mol. The van der Waals surface area contributed by atoms with Crippen LogP contribution < -0.4 is 5.32 Å². The van der Waals surface area contributed by atoms with Crippen molar-refractivity contribution in [1.29, 1.82) is 0 Å². The molecule has 0 aliphatic carbocycles. The molecule has 0 saturated heterocycles.